The lowest BCUT2D eigenvalue weighted by molar-refractivity contribution is -0.187. The number of esters is 1. The smallest absolute Gasteiger partial charge is 0.316 e. The van der Waals surface area contributed by atoms with Crippen molar-refractivity contribution in [1.29, 1.82) is 0 Å². The van der Waals surface area contributed by atoms with Crippen molar-refractivity contribution in [2.24, 2.45) is 5.41 Å². The first-order chi connectivity index (χ1) is 6.21. The summed E-state index contributed by atoms with van der Waals surface area (Å²) < 4.78 is 10.4. The molecule has 1 aliphatic carbocycles. The number of hydrogen-bond acceptors (Lipinski definition) is 3. The highest BCUT2D eigenvalue weighted by atomic mass is 16.6. The molecule has 1 heterocycles. The minimum atomic E-state index is -0.345. The Labute approximate surface area is 78.4 Å². The average Bonchev–Trinajstić information content (AvgIpc) is 2.52. The van der Waals surface area contributed by atoms with Crippen molar-refractivity contribution in [3.63, 3.8) is 0 Å². The average molecular weight is 184 g/mol. The van der Waals surface area contributed by atoms with E-state index in [-0.39, 0.29) is 17.5 Å². The van der Waals surface area contributed by atoms with E-state index < -0.39 is 0 Å². The van der Waals surface area contributed by atoms with Crippen LogP contribution in [0.25, 0.3) is 0 Å². The molecule has 0 radical (unpaired) electrons. The Kier molecular flexibility index (Phi) is 2.28. The standard InChI is InChI=1S/C10H16O3/c1-10(6-12-7-10)9(11)13-8-4-2-3-5-8/h8H,2-7H2,1H3. The maximum absolute atomic E-state index is 11.6. The second kappa shape index (κ2) is 3.29. The molecule has 0 bridgehead atoms. The van der Waals surface area contributed by atoms with E-state index in [0.717, 1.165) is 12.8 Å². The van der Waals surface area contributed by atoms with Crippen LogP contribution in [0.15, 0.2) is 0 Å². The fourth-order valence-corrected chi connectivity index (χ4v) is 1.83. The van der Waals surface area contributed by atoms with Crippen molar-refractivity contribution in [3.8, 4) is 0 Å². The van der Waals surface area contributed by atoms with Gasteiger partial charge in [-0.15, -0.1) is 0 Å². The van der Waals surface area contributed by atoms with E-state index in [9.17, 15) is 4.79 Å². The van der Waals surface area contributed by atoms with Gasteiger partial charge in [0.1, 0.15) is 11.5 Å². The lowest BCUT2D eigenvalue weighted by atomic mass is 9.89. The molecule has 0 aromatic rings. The molecule has 0 aromatic heterocycles. The van der Waals surface area contributed by atoms with Crippen molar-refractivity contribution in [1.82, 2.24) is 0 Å². The van der Waals surface area contributed by atoms with E-state index >= 15 is 0 Å². The van der Waals surface area contributed by atoms with Crippen LogP contribution in [0, 0.1) is 5.41 Å². The first-order valence-electron chi connectivity index (χ1n) is 4.99. The van der Waals surface area contributed by atoms with Crippen LogP contribution >= 0.6 is 0 Å². The summed E-state index contributed by atoms with van der Waals surface area (Å²) in [6.07, 6.45) is 4.67. The lowest BCUT2D eigenvalue weighted by Gasteiger charge is -2.36. The van der Waals surface area contributed by atoms with Gasteiger partial charge in [-0.3, -0.25) is 4.79 Å². The molecule has 0 N–H and O–H groups in total. The van der Waals surface area contributed by atoms with Gasteiger partial charge in [-0.05, 0) is 32.6 Å². The molecule has 1 saturated carbocycles. The summed E-state index contributed by atoms with van der Waals surface area (Å²) >= 11 is 0. The van der Waals surface area contributed by atoms with Gasteiger partial charge in [-0.2, -0.15) is 0 Å². The van der Waals surface area contributed by atoms with Crippen LogP contribution in [0.2, 0.25) is 0 Å². The molecule has 0 unspecified atom stereocenters. The third-order valence-corrected chi connectivity index (χ3v) is 2.91. The molecular weight excluding hydrogens is 168 g/mol. The minimum absolute atomic E-state index is 0.0642. The fraction of sp³-hybridized carbons (Fsp3) is 0.900. The molecule has 74 valence electrons. The number of rotatable bonds is 2. The van der Waals surface area contributed by atoms with Gasteiger partial charge >= 0.3 is 5.97 Å². The second-order valence-corrected chi connectivity index (χ2v) is 4.37. The SMILES string of the molecule is CC1(C(=O)OC2CCCC2)COC1. The quantitative estimate of drug-likeness (QED) is 0.610. The monoisotopic (exact) mass is 184 g/mol. The molecule has 0 aromatic carbocycles. The predicted molar refractivity (Wildman–Crippen MR) is 47.3 cm³/mol. The van der Waals surface area contributed by atoms with Gasteiger partial charge in [-0.25, -0.2) is 0 Å². The summed E-state index contributed by atoms with van der Waals surface area (Å²) in [7, 11) is 0. The molecule has 0 amide bonds. The Balaban J connectivity index is 1.83. The second-order valence-electron chi connectivity index (χ2n) is 4.37. The molecule has 2 aliphatic rings. The Morgan fingerprint density at radius 1 is 1.38 bits per heavy atom. The van der Waals surface area contributed by atoms with Crippen LogP contribution in [0.1, 0.15) is 32.6 Å². The van der Waals surface area contributed by atoms with Gasteiger partial charge in [0.2, 0.25) is 0 Å². The number of carbonyl (C=O) groups is 1. The summed E-state index contributed by atoms with van der Waals surface area (Å²) in [5, 5.41) is 0. The first-order valence-corrected chi connectivity index (χ1v) is 4.99. The van der Waals surface area contributed by atoms with E-state index in [1.807, 2.05) is 6.92 Å². The van der Waals surface area contributed by atoms with Crippen LogP contribution in [0.3, 0.4) is 0 Å². The van der Waals surface area contributed by atoms with E-state index in [1.165, 1.54) is 12.8 Å². The van der Waals surface area contributed by atoms with Crippen LogP contribution in [-0.4, -0.2) is 25.3 Å². The van der Waals surface area contributed by atoms with Crippen molar-refractivity contribution in [2.45, 2.75) is 38.7 Å². The third-order valence-electron chi connectivity index (χ3n) is 2.91. The van der Waals surface area contributed by atoms with Gasteiger partial charge in [0.15, 0.2) is 0 Å². The molecule has 2 rings (SSSR count). The van der Waals surface area contributed by atoms with Gasteiger partial charge < -0.3 is 9.47 Å². The van der Waals surface area contributed by atoms with Crippen molar-refractivity contribution in [2.75, 3.05) is 13.2 Å². The fourth-order valence-electron chi connectivity index (χ4n) is 1.83. The summed E-state index contributed by atoms with van der Waals surface area (Å²) in [5.74, 6) is -0.0642. The summed E-state index contributed by atoms with van der Waals surface area (Å²) in [6.45, 7) is 2.96. The first kappa shape index (κ1) is 9.00. The Hall–Kier alpha value is -0.570. The highest BCUT2D eigenvalue weighted by Crippen LogP contribution is 2.30. The van der Waals surface area contributed by atoms with E-state index in [4.69, 9.17) is 9.47 Å². The van der Waals surface area contributed by atoms with Crippen LogP contribution in [0.4, 0.5) is 0 Å². The zero-order valence-electron chi connectivity index (χ0n) is 8.04. The number of hydrogen-bond donors (Lipinski definition) is 0. The van der Waals surface area contributed by atoms with Gasteiger partial charge in [0, 0.05) is 0 Å². The van der Waals surface area contributed by atoms with E-state index in [0.29, 0.717) is 13.2 Å². The third kappa shape index (κ3) is 1.70. The van der Waals surface area contributed by atoms with Crippen LogP contribution in [0.5, 0.6) is 0 Å². The highest BCUT2D eigenvalue weighted by Gasteiger charge is 2.43. The summed E-state index contributed by atoms with van der Waals surface area (Å²) in [5.41, 5.74) is -0.345. The Morgan fingerprint density at radius 2 is 2.00 bits per heavy atom. The minimum Gasteiger partial charge on any atom is -0.462 e. The zero-order valence-corrected chi connectivity index (χ0v) is 8.04. The van der Waals surface area contributed by atoms with Crippen molar-refractivity contribution in [3.05, 3.63) is 0 Å². The van der Waals surface area contributed by atoms with Gasteiger partial charge in [0.25, 0.3) is 0 Å². The largest absolute Gasteiger partial charge is 0.462 e. The summed E-state index contributed by atoms with van der Waals surface area (Å²) in [4.78, 5) is 11.6. The molecule has 1 saturated heterocycles. The molecule has 3 nitrogen and oxygen atoms in total. The molecule has 3 heteroatoms. The zero-order chi connectivity index (χ0) is 9.31. The van der Waals surface area contributed by atoms with Crippen molar-refractivity contribution < 1.29 is 14.3 Å². The van der Waals surface area contributed by atoms with Gasteiger partial charge in [0.05, 0.1) is 13.2 Å². The topological polar surface area (TPSA) is 35.5 Å². The number of carbonyl (C=O) groups excluding carboxylic acids is 1. The number of ether oxygens (including phenoxy) is 2. The maximum Gasteiger partial charge on any atom is 0.316 e. The van der Waals surface area contributed by atoms with Crippen LogP contribution < -0.4 is 0 Å². The summed E-state index contributed by atoms with van der Waals surface area (Å²) in [6, 6.07) is 0. The van der Waals surface area contributed by atoms with Crippen molar-refractivity contribution >= 4 is 5.97 Å². The normalized spacial score (nSPS) is 26.8. The van der Waals surface area contributed by atoms with Crippen LogP contribution in [-0.2, 0) is 14.3 Å². The Morgan fingerprint density at radius 3 is 2.46 bits per heavy atom. The Bertz CT molecular complexity index is 202. The van der Waals surface area contributed by atoms with Gasteiger partial charge in [-0.1, -0.05) is 0 Å². The predicted octanol–water partition coefficient (Wildman–Crippen LogP) is 1.51. The highest BCUT2D eigenvalue weighted by molar-refractivity contribution is 5.77. The van der Waals surface area contributed by atoms with E-state index in [1.54, 1.807) is 0 Å². The molecule has 2 fully saturated rings. The van der Waals surface area contributed by atoms with E-state index in [2.05, 4.69) is 0 Å². The molecule has 1 aliphatic heterocycles. The maximum atomic E-state index is 11.6. The molecular formula is C10H16O3. The molecule has 0 atom stereocenters. The molecule has 0 spiro atoms. The molecule has 13 heavy (non-hydrogen) atoms. The lowest BCUT2D eigenvalue weighted by Crippen LogP contribution is -2.48.